The number of piperidine rings is 2. The van der Waals surface area contributed by atoms with Crippen molar-refractivity contribution in [2.24, 2.45) is 5.92 Å². The summed E-state index contributed by atoms with van der Waals surface area (Å²) in [7, 11) is 0. The fourth-order valence-corrected chi connectivity index (χ4v) is 6.44. The van der Waals surface area contributed by atoms with Crippen LogP contribution >= 0.6 is 0 Å². The lowest BCUT2D eigenvalue weighted by Crippen LogP contribution is -2.55. The Bertz CT molecular complexity index is 1380. The average Bonchev–Trinajstić information content (AvgIpc) is 3.02. The fourth-order valence-electron chi connectivity index (χ4n) is 6.44. The number of likely N-dealkylation sites (tertiary alicyclic amines) is 2. The van der Waals surface area contributed by atoms with Crippen LogP contribution in [0.2, 0.25) is 0 Å². The third kappa shape index (κ3) is 7.17. The van der Waals surface area contributed by atoms with E-state index >= 15 is 0 Å². The van der Waals surface area contributed by atoms with Crippen molar-refractivity contribution in [1.82, 2.24) is 14.8 Å². The lowest BCUT2D eigenvalue weighted by Gasteiger charge is -2.45. The van der Waals surface area contributed by atoms with Gasteiger partial charge in [0.15, 0.2) is 0 Å². The second kappa shape index (κ2) is 14.1. The number of alkyl halides is 3. The molecule has 2 atom stereocenters. The first-order chi connectivity index (χ1) is 21.0. The third-order valence-electron chi connectivity index (χ3n) is 8.70. The Hall–Kier alpha value is -4.07. The van der Waals surface area contributed by atoms with Gasteiger partial charge in [-0.3, -0.25) is 19.4 Å². The molecule has 1 N–H and O–H groups in total. The number of carboxylic acids is 1. The normalized spacial score (nSPS) is 20.1. The van der Waals surface area contributed by atoms with E-state index < -0.39 is 46.6 Å². The standard InChI is InChI=1S/C33H38F3N3O5/c1-3-9-27-23(10-7-18-39(27)31(43)24-22-37-17-14-25(24)33(34,35)36)30(42)38-19-15-32(4-2,16-20-38)26-11-5-6-12-28(26)44-21-8-13-29(40)41/h2,5-6,11-12,14,17,22-23,27H,3,7-10,13,15-16,18-21H2,1H3,(H,40,41). The Morgan fingerprint density at radius 2 is 1.89 bits per heavy atom. The van der Waals surface area contributed by atoms with Gasteiger partial charge in [-0.15, -0.1) is 6.42 Å². The second-order valence-corrected chi connectivity index (χ2v) is 11.4. The first kappa shape index (κ1) is 32.8. The summed E-state index contributed by atoms with van der Waals surface area (Å²) < 4.78 is 47.1. The van der Waals surface area contributed by atoms with Gasteiger partial charge in [-0.05, 0) is 50.7 Å². The maximum atomic E-state index is 14.0. The number of rotatable bonds is 10. The highest BCUT2D eigenvalue weighted by Gasteiger charge is 2.44. The number of hydrogen-bond acceptors (Lipinski definition) is 5. The SMILES string of the molecule is C#CC1(c2ccccc2OCCCC(=O)O)CCN(C(=O)C2CCCN(C(=O)c3cnccc3C(F)(F)F)C2CCC)CC1. The van der Waals surface area contributed by atoms with Crippen molar-refractivity contribution in [3.05, 3.63) is 59.4 Å². The number of aromatic nitrogens is 1. The number of carbonyl (C=O) groups is 3. The van der Waals surface area contributed by atoms with Crippen LogP contribution in [0.15, 0.2) is 42.7 Å². The van der Waals surface area contributed by atoms with Gasteiger partial charge in [0.25, 0.3) is 5.91 Å². The van der Waals surface area contributed by atoms with E-state index in [0.717, 1.165) is 24.0 Å². The summed E-state index contributed by atoms with van der Waals surface area (Å²) in [6.45, 7) is 3.17. The van der Waals surface area contributed by atoms with E-state index in [0.29, 0.717) is 63.8 Å². The molecule has 11 heteroatoms. The number of nitrogens with zero attached hydrogens (tertiary/aromatic N) is 3. The van der Waals surface area contributed by atoms with E-state index in [1.165, 1.54) is 4.90 Å². The van der Waals surface area contributed by atoms with Crippen molar-refractivity contribution in [2.45, 2.75) is 75.9 Å². The Labute approximate surface area is 255 Å². The molecule has 0 saturated carbocycles. The average molecular weight is 614 g/mol. The Morgan fingerprint density at radius 3 is 2.55 bits per heavy atom. The van der Waals surface area contributed by atoms with Crippen LogP contribution in [0.1, 0.15) is 79.8 Å². The minimum atomic E-state index is -4.71. The molecule has 2 aromatic rings. The van der Waals surface area contributed by atoms with Crippen molar-refractivity contribution in [2.75, 3.05) is 26.2 Å². The number of pyridine rings is 1. The zero-order chi connectivity index (χ0) is 31.9. The van der Waals surface area contributed by atoms with Gasteiger partial charge in [0, 0.05) is 50.1 Å². The topological polar surface area (TPSA) is 100 Å². The molecule has 3 heterocycles. The molecular formula is C33H38F3N3O5. The number of benzene rings is 1. The van der Waals surface area contributed by atoms with E-state index in [9.17, 15) is 27.6 Å². The number of carbonyl (C=O) groups excluding carboxylic acids is 2. The maximum Gasteiger partial charge on any atom is 0.417 e. The molecule has 4 rings (SSSR count). The molecule has 1 aromatic carbocycles. The number of ether oxygens (including phenoxy) is 1. The molecule has 236 valence electrons. The van der Waals surface area contributed by atoms with Crippen molar-refractivity contribution >= 4 is 17.8 Å². The molecule has 44 heavy (non-hydrogen) atoms. The highest BCUT2D eigenvalue weighted by atomic mass is 19.4. The molecule has 0 radical (unpaired) electrons. The van der Waals surface area contributed by atoms with Crippen LogP contribution in [0.4, 0.5) is 13.2 Å². The van der Waals surface area contributed by atoms with Crippen molar-refractivity contribution in [3.63, 3.8) is 0 Å². The summed E-state index contributed by atoms with van der Waals surface area (Å²) in [5.41, 5.74) is -1.41. The lowest BCUT2D eigenvalue weighted by molar-refractivity contribution is -0.141. The van der Waals surface area contributed by atoms with Crippen LogP contribution in [-0.2, 0) is 21.2 Å². The summed E-state index contributed by atoms with van der Waals surface area (Å²) in [5, 5.41) is 8.92. The van der Waals surface area contributed by atoms with Crippen LogP contribution in [0.25, 0.3) is 0 Å². The largest absolute Gasteiger partial charge is 0.493 e. The van der Waals surface area contributed by atoms with Gasteiger partial charge in [0.2, 0.25) is 5.91 Å². The first-order valence-corrected chi connectivity index (χ1v) is 15.0. The van der Waals surface area contributed by atoms with E-state index in [4.69, 9.17) is 16.3 Å². The van der Waals surface area contributed by atoms with Gasteiger partial charge in [0.1, 0.15) is 5.75 Å². The summed E-state index contributed by atoms with van der Waals surface area (Å²) >= 11 is 0. The second-order valence-electron chi connectivity index (χ2n) is 11.4. The maximum absolute atomic E-state index is 14.0. The van der Waals surface area contributed by atoms with Crippen LogP contribution in [0.3, 0.4) is 0 Å². The van der Waals surface area contributed by atoms with Crippen LogP contribution < -0.4 is 4.74 Å². The number of amides is 2. The van der Waals surface area contributed by atoms with Crippen LogP contribution in [-0.4, -0.2) is 70.0 Å². The predicted octanol–water partition coefficient (Wildman–Crippen LogP) is 5.56. The van der Waals surface area contributed by atoms with Gasteiger partial charge < -0.3 is 19.6 Å². The molecule has 0 spiro atoms. The summed E-state index contributed by atoms with van der Waals surface area (Å²) in [5.74, 6) is 1.23. The van der Waals surface area contributed by atoms with Crippen LogP contribution in [0, 0.1) is 18.3 Å². The zero-order valence-corrected chi connectivity index (χ0v) is 24.8. The van der Waals surface area contributed by atoms with Crippen molar-refractivity contribution in [3.8, 4) is 18.1 Å². The van der Waals surface area contributed by atoms with E-state index in [-0.39, 0.29) is 25.5 Å². The van der Waals surface area contributed by atoms with E-state index in [2.05, 4.69) is 10.9 Å². The number of halogens is 3. The quantitative estimate of drug-likeness (QED) is 0.278. The van der Waals surface area contributed by atoms with Gasteiger partial charge >= 0.3 is 12.1 Å². The molecule has 0 bridgehead atoms. The number of hydrogen-bond donors (Lipinski definition) is 1. The van der Waals surface area contributed by atoms with E-state index in [1.807, 2.05) is 31.2 Å². The molecular weight excluding hydrogens is 575 g/mol. The smallest absolute Gasteiger partial charge is 0.417 e. The first-order valence-electron chi connectivity index (χ1n) is 15.0. The minimum absolute atomic E-state index is 0.00549. The molecule has 8 nitrogen and oxygen atoms in total. The van der Waals surface area contributed by atoms with Crippen molar-refractivity contribution in [1.29, 1.82) is 0 Å². The fraction of sp³-hybridized carbons (Fsp3) is 0.515. The van der Waals surface area contributed by atoms with Gasteiger partial charge in [-0.2, -0.15) is 13.2 Å². The third-order valence-corrected chi connectivity index (χ3v) is 8.70. The molecule has 2 fully saturated rings. The summed E-state index contributed by atoms with van der Waals surface area (Å²) in [4.78, 5) is 45.4. The molecule has 2 unspecified atom stereocenters. The van der Waals surface area contributed by atoms with E-state index in [1.54, 1.807) is 4.90 Å². The Balaban J connectivity index is 1.50. The Morgan fingerprint density at radius 1 is 1.16 bits per heavy atom. The number of para-hydroxylation sites is 1. The minimum Gasteiger partial charge on any atom is -0.493 e. The number of aliphatic carboxylic acids is 1. The Kier molecular flexibility index (Phi) is 10.6. The zero-order valence-electron chi connectivity index (χ0n) is 24.8. The molecule has 1 aromatic heterocycles. The highest BCUT2D eigenvalue weighted by molar-refractivity contribution is 5.96. The molecule has 2 aliphatic rings. The van der Waals surface area contributed by atoms with Gasteiger partial charge in [-0.25, -0.2) is 0 Å². The molecule has 0 aliphatic carbocycles. The summed E-state index contributed by atoms with van der Waals surface area (Å²) in [6, 6.07) is 7.67. The lowest BCUT2D eigenvalue weighted by atomic mass is 9.72. The monoisotopic (exact) mass is 613 g/mol. The number of carboxylic acid groups (broad SMARTS) is 1. The van der Waals surface area contributed by atoms with Crippen LogP contribution in [0.5, 0.6) is 5.75 Å². The predicted molar refractivity (Wildman–Crippen MR) is 157 cm³/mol. The van der Waals surface area contributed by atoms with Gasteiger partial charge in [0.05, 0.1) is 29.1 Å². The summed E-state index contributed by atoms with van der Waals surface area (Å²) in [6.07, 6.45) is 6.83. The van der Waals surface area contributed by atoms with Gasteiger partial charge in [-0.1, -0.05) is 37.5 Å². The molecule has 2 amide bonds. The molecule has 2 saturated heterocycles. The van der Waals surface area contributed by atoms with Crippen molar-refractivity contribution < 1.29 is 37.4 Å². The highest BCUT2D eigenvalue weighted by Crippen LogP contribution is 2.41. The molecule has 2 aliphatic heterocycles. The number of terminal acetylenes is 1.